The van der Waals surface area contributed by atoms with Crippen LogP contribution in [0.4, 0.5) is 5.69 Å². The summed E-state index contributed by atoms with van der Waals surface area (Å²) in [6.45, 7) is -0.0274. The standard InChI is InChI=1S/C19H16N2O5S/c22-21(23)18-11-4-5-12-19(18)27(24,25)20-14-15-7-6-10-17(13-15)26-16-8-2-1-3-9-16/h1-13,20H,14H2. The van der Waals surface area contributed by atoms with E-state index in [4.69, 9.17) is 4.74 Å². The number of nitro groups is 1. The Labute approximate surface area is 156 Å². The van der Waals surface area contributed by atoms with Gasteiger partial charge in [-0.3, -0.25) is 10.1 Å². The lowest BCUT2D eigenvalue weighted by Gasteiger charge is -2.09. The number of nitrogens with zero attached hydrogens (tertiary/aromatic N) is 1. The molecule has 0 heterocycles. The van der Waals surface area contributed by atoms with Gasteiger partial charge in [0.2, 0.25) is 10.0 Å². The first-order chi connectivity index (χ1) is 13.0. The number of nitrogens with one attached hydrogen (secondary N) is 1. The Bertz CT molecular complexity index is 1050. The first-order valence-electron chi connectivity index (χ1n) is 8.01. The van der Waals surface area contributed by atoms with E-state index in [2.05, 4.69) is 4.72 Å². The van der Waals surface area contributed by atoms with Crippen molar-refractivity contribution < 1.29 is 18.1 Å². The second-order valence-electron chi connectivity index (χ2n) is 5.61. The molecule has 8 heteroatoms. The van der Waals surface area contributed by atoms with Crippen molar-refractivity contribution in [3.05, 3.63) is 94.5 Å². The van der Waals surface area contributed by atoms with Gasteiger partial charge in [0, 0.05) is 12.6 Å². The summed E-state index contributed by atoms with van der Waals surface area (Å²) >= 11 is 0. The summed E-state index contributed by atoms with van der Waals surface area (Å²) in [5.41, 5.74) is 0.191. The van der Waals surface area contributed by atoms with E-state index in [1.165, 1.54) is 18.2 Å². The second kappa shape index (κ2) is 7.98. The summed E-state index contributed by atoms with van der Waals surface area (Å²) in [7, 11) is -4.04. The molecule has 27 heavy (non-hydrogen) atoms. The maximum absolute atomic E-state index is 12.5. The third-order valence-electron chi connectivity index (χ3n) is 3.70. The van der Waals surface area contributed by atoms with Gasteiger partial charge in [-0.25, -0.2) is 13.1 Å². The van der Waals surface area contributed by atoms with Crippen LogP contribution in [0.15, 0.2) is 83.8 Å². The first kappa shape index (κ1) is 18.6. The molecule has 0 aliphatic heterocycles. The summed E-state index contributed by atoms with van der Waals surface area (Å²) in [5, 5.41) is 11.1. The number of benzene rings is 3. The van der Waals surface area contributed by atoms with Crippen LogP contribution in [0.3, 0.4) is 0 Å². The molecule has 0 saturated carbocycles. The Balaban J connectivity index is 1.75. The topological polar surface area (TPSA) is 98.5 Å². The van der Waals surface area contributed by atoms with E-state index in [1.54, 1.807) is 24.3 Å². The Morgan fingerprint density at radius 2 is 1.56 bits per heavy atom. The number of para-hydroxylation sites is 2. The normalized spacial score (nSPS) is 11.1. The zero-order chi connectivity index (χ0) is 19.3. The molecule has 0 amide bonds. The van der Waals surface area contributed by atoms with Crippen LogP contribution in [0, 0.1) is 10.1 Å². The third kappa shape index (κ3) is 4.69. The lowest BCUT2D eigenvalue weighted by molar-refractivity contribution is -0.387. The average Bonchev–Trinajstić information content (AvgIpc) is 2.67. The number of ether oxygens (including phenoxy) is 1. The van der Waals surface area contributed by atoms with Gasteiger partial charge in [0.1, 0.15) is 11.5 Å². The summed E-state index contributed by atoms with van der Waals surface area (Å²) in [6, 6.07) is 21.3. The first-order valence-corrected chi connectivity index (χ1v) is 9.49. The number of sulfonamides is 1. The van der Waals surface area contributed by atoms with Gasteiger partial charge in [-0.05, 0) is 35.9 Å². The largest absolute Gasteiger partial charge is 0.457 e. The molecule has 0 radical (unpaired) electrons. The third-order valence-corrected chi connectivity index (χ3v) is 5.14. The lowest BCUT2D eigenvalue weighted by Crippen LogP contribution is -2.24. The van der Waals surface area contributed by atoms with Crippen molar-refractivity contribution in [3.8, 4) is 11.5 Å². The molecule has 3 aromatic rings. The predicted octanol–water partition coefficient (Wildman–Crippen LogP) is 3.87. The van der Waals surface area contributed by atoms with Crippen molar-refractivity contribution in [1.82, 2.24) is 4.72 Å². The van der Waals surface area contributed by atoms with Crippen molar-refractivity contribution in [1.29, 1.82) is 0 Å². The maximum Gasteiger partial charge on any atom is 0.289 e. The van der Waals surface area contributed by atoms with Crippen LogP contribution in [0.5, 0.6) is 11.5 Å². The van der Waals surface area contributed by atoms with Crippen molar-refractivity contribution in [3.63, 3.8) is 0 Å². The minimum atomic E-state index is -4.04. The van der Waals surface area contributed by atoms with Crippen molar-refractivity contribution >= 4 is 15.7 Å². The van der Waals surface area contributed by atoms with Crippen molar-refractivity contribution in [2.75, 3.05) is 0 Å². The van der Waals surface area contributed by atoms with Crippen LogP contribution in [-0.2, 0) is 16.6 Å². The van der Waals surface area contributed by atoms with Gasteiger partial charge in [-0.2, -0.15) is 0 Å². The van der Waals surface area contributed by atoms with E-state index in [0.717, 1.165) is 6.07 Å². The quantitative estimate of drug-likeness (QED) is 0.492. The van der Waals surface area contributed by atoms with Gasteiger partial charge in [0.15, 0.2) is 4.90 Å². The van der Waals surface area contributed by atoms with Crippen molar-refractivity contribution in [2.45, 2.75) is 11.4 Å². The molecule has 0 aromatic heterocycles. The molecule has 0 bridgehead atoms. The Morgan fingerprint density at radius 1 is 0.889 bits per heavy atom. The highest BCUT2D eigenvalue weighted by atomic mass is 32.2. The lowest BCUT2D eigenvalue weighted by atomic mass is 10.2. The van der Waals surface area contributed by atoms with Crippen LogP contribution in [0.1, 0.15) is 5.56 Å². The summed E-state index contributed by atoms with van der Waals surface area (Å²) in [5.74, 6) is 1.22. The number of hydrogen-bond acceptors (Lipinski definition) is 5. The average molecular weight is 384 g/mol. The van der Waals surface area contributed by atoms with Crippen LogP contribution >= 0.6 is 0 Å². The molecule has 1 N–H and O–H groups in total. The smallest absolute Gasteiger partial charge is 0.289 e. The molecule has 0 atom stereocenters. The fourth-order valence-electron chi connectivity index (χ4n) is 2.43. The van der Waals surface area contributed by atoms with E-state index < -0.39 is 20.6 Å². The molecule has 0 saturated heterocycles. The molecule has 138 valence electrons. The molecular weight excluding hydrogens is 368 g/mol. The van der Waals surface area contributed by atoms with Crippen molar-refractivity contribution in [2.24, 2.45) is 0 Å². The molecule has 0 spiro atoms. The highest BCUT2D eigenvalue weighted by molar-refractivity contribution is 7.89. The zero-order valence-corrected chi connectivity index (χ0v) is 14.9. The van der Waals surface area contributed by atoms with Gasteiger partial charge >= 0.3 is 0 Å². The van der Waals surface area contributed by atoms with Gasteiger partial charge in [-0.1, -0.05) is 42.5 Å². The summed E-state index contributed by atoms with van der Waals surface area (Å²) in [4.78, 5) is 9.97. The van der Waals surface area contributed by atoms with Gasteiger partial charge < -0.3 is 4.74 Å². The van der Waals surface area contributed by atoms with Crippen LogP contribution in [-0.4, -0.2) is 13.3 Å². The Kier molecular flexibility index (Phi) is 5.49. The number of rotatable bonds is 7. The van der Waals surface area contributed by atoms with E-state index in [-0.39, 0.29) is 11.4 Å². The Morgan fingerprint density at radius 3 is 2.30 bits per heavy atom. The SMILES string of the molecule is O=[N+]([O-])c1ccccc1S(=O)(=O)NCc1cccc(Oc2ccccc2)c1. The molecule has 0 unspecified atom stereocenters. The minimum Gasteiger partial charge on any atom is -0.457 e. The monoisotopic (exact) mass is 384 g/mol. The second-order valence-corrected chi connectivity index (χ2v) is 7.35. The molecule has 3 aromatic carbocycles. The van der Waals surface area contributed by atoms with E-state index >= 15 is 0 Å². The highest BCUT2D eigenvalue weighted by Crippen LogP contribution is 2.24. The zero-order valence-electron chi connectivity index (χ0n) is 14.1. The van der Waals surface area contributed by atoms with E-state index in [9.17, 15) is 18.5 Å². The summed E-state index contributed by atoms with van der Waals surface area (Å²) in [6.07, 6.45) is 0. The van der Waals surface area contributed by atoms with Gasteiger partial charge in [0.05, 0.1) is 4.92 Å². The fraction of sp³-hybridized carbons (Fsp3) is 0.0526. The fourth-order valence-corrected chi connectivity index (χ4v) is 3.62. The van der Waals surface area contributed by atoms with Crippen LogP contribution < -0.4 is 9.46 Å². The highest BCUT2D eigenvalue weighted by Gasteiger charge is 2.24. The van der Waals surface area contributed by atoms with E-state index in [0.29, 0.717) is 17.1 Å². The number of nitro benzene ring substituents is 1. The van der Waals surface area contributed by atoms with Crippen LogP contribution in [0.25, 0.3) is 0 Å². The molecule has 0 aliphatic rings. The Hall–Kier alpha value is -3.23. The molecule has 0 aliphatic carbocycles. The molecule has 0 fully saturated rings. The van der Waals surface area contributed by atoms with Gasteiger partial charge in [-0.15, -0.1) is 0 Å². The minimum absolute atomic E-state index is 0.0274. The van der Waals surface area contributed by atoms with Gasteiger partial charge in [0.25, 0.3) is 5.69 Å². The molecule has 3 rings (SSSR count). The van der Waals surface area contributed by atoms with E-state index in [1.807, 2.05) is 30.3 Å². The summed E-state index contributed by atoms with van der Waals surface area (Å²) < 4.78 is 33.0. The number of hydrogen-bond donors (Lipinski definition) is 1. The maximum atomic E-state index is 12.5. The molecule has 7 nitrogen and oxygen atoms in total. The predicted molar refractivity (Wildman–Crippen MR) is 100 cm³/mol. The van der Waals surface area contributed by atoms with Crippen LogP contribution in [0.2, 0.25) is 0 Å². The molecular formula is C19H16N2O5S.